The third kappa shape index (κ3) is 8.94. The normalized spacial score (nSPS) is 17.0. The van der Waals surface area contributed by atoms with Gasteiger partial charge in [0.2, 0.25) is 5.60 Å². The second kappa shape index (κ2) is 16.4. The molecule has 1 unspecified atom stereocenters. The predicted octanol–water partition coefficient (Wildman–Crippen LogP) is 1.12. The van der Waals surface area contributed by atoms with Crippen LogP contribution in [0.2, 0.25) is 0 Å². The molecule has 0 aliphatic heterocycles. The number of hydrogen-bond donors (Lipinski definition) is 2. The Kier molecular flexibility index (Phi) is 13.6. The van der Waals surface area contributed by atoms with E-state index in [2.05, 4.69) is 15.2 Å². The summed E-state index contributed by atoms with van der Waals surface area (Å²) in [5.41, 5.74) is 4.13. The van der Waals surface area contributed by atoms with Crippen molar-refractivity contribution in [1.29, 1.82) is 5.26 Å². The van der Waals surface area contributed by atoms with Crippen molar-refractivity contribution < 1.29 is 51.9 Å². The van der Waals surface area contributed by atoms with E-state index in [1.807, 2.05) is 6.07 Å². The van der Waals surface area contributed by atoms with Gasteiger partial charge in [-0.1, -0.05) is 0 Å². The van der Waals surface area contributed by atoms with Gasteiger partial charge in [-0.15, -0.1) is 0 Å². The minimum atomic E-state index is -3.23. The topological polar surface area (TPSA) is 225 Å². The van der Waals surface area contributed by atoms with Gasteiger partial charge < -0.3 is 38.7 Å². The Bertz CT molecular complexity index is 1370. The Morgan fingerprint density at radius 2 is 1.64 bits per heavy atom. The second-order valence-electron chi connectivity index (χ2n) is 9.80. The Morgan fingerprint density at radius 1 is 1.02 bits per heavy atom. The van der Waals surface area contributed by atoms with Crippen molar-refractivity contribution in [1.82, 2.24) is 19.7 Å². The molecule has 0 bridgehead atoms. The van der Waals surface area contributed by atoms with Crippen molar-refractivity contribution in [2.45, 2.75) is 76.8 Å². The lowest BCUT2D eigenvalue weighted by Crippen LogP contribution is -2.54. The molecule has 244 valence electrons. The first kappa shape index (κ1) is 36.5. The summed E-state index contributed by atoms with van der Waals surface area (Å²) in [6.07, 6.45) is -4.87. The smallest absolute Gasteiger partial charge is 0.335 e. The highest BCUT2D eigenvalue weighted by atomic mass is 31.1. The van der Waals surface area contributed by atoms with Gasteiger partial charge in [-0.05, 0) is 46.8 Å². The minimum absolute atomic E-state index is 0.0829. The fraction of sp³-hybridized carbons (Fsp3) is 0.615. The lowest BCUT2D eigenvalue weighted by molar-refractivity contribution is -0.202. The summed E-state index contributed by atoms with van der Waals surface area (Å²) in [6, 6.07) is 3.88. The van der Waals surface area contributed by atoms with Crippen LogP contribution in [0.5, 0.6) is 0 Å². The average molecular weight is 643 g/mol. The number of esters is 3. The summed E-state index contributed by atoms with van der Waals surface area (Å²) < 4.78 is 51.9. The van der Waals surface area contributed by atoms with Crippen LogP contribution in [0.1, 0.15) is 46.4 Å². The number of ether oxygens (including phenoxy) is 6. The number of nitrogens with zero attached hydrogens (tertiary/aromatic N) is 4. The van der Waals surface area contributed by atoms with Crippen molar-refractivity contribution in [3.05, 3.63) is 24.2 Å². The summed E-state index contributed by atoms with van der Waals surface area (Å²) in [5, 5.41) is 17.1. The number of carbonyl (C=O) groups excluding carboxylic acids is 3. The minimum Gasteiger partial charge on any atom is -0.462 e. The van der Waals surface area contributed by atoms with Gasteiger partial charge in [0.25, 0.3) is 8.18 Å². The number of methoxy groups -OCH3 is 3. The number of fused-ring (bicyclic) bond motifs is 1. The van der Waals surface area contributed by atoms with E-state index < -0.39 is 74.9 Å². The van der Waals surface area contributed by atoms with Gasteiger partial charge in [0.1, 0.15) is 30.6 Å². The fourth-order valence-electron chi connectivity index (χ4n) is 3.68. The quantitative estimate of drug-likeness (QED) is 0.140. The van der Waals surface area contributed by atoms with Crippen molar-refractivity contribution >= 4 is 37.4 Å². The standard InChI is InChI=1S/C26H39N6O11P/c1-14(2)41-23(33)15(3)31-44(36)40-12-26(11-27,39-8)21(43-25(35)17(5)38-7)20(42-24(34)16(4)37-6)18-9-10-19-22(28)29-13-30-32(18)19/h9-10,13-17,20-21,44H,12H2,1-8H3,(H,31,36)(H2,28,29,30)/t15-,16+,17+,20-,21-,26+/m0/s1. The largest absolute Gasteiger partial charge is 0.462 e. The second-order valence-corrected chi connectivity index (χ2v) is 11.0. The molecule has 7 atom stereocenters. The van der Waals surface area contributed by atoms with Gasteiger partial charge in [-0.3, -0.25) is 9.36 Å². The number of nitrogens with two attached hydrogens (primary N) is 1. The number of aromatic nitrogens is 3. The zero-order valence-corrected chi connectivity index (χ0v) is 26.8. The van der Waals surface area contributed by atoms with Crippen molar-refractivity contribution in [2.24, 2.45) is 0 Å². The van der Waals surface area contributed by atoms with Crippen LogP contribution in [-0.2, 0) is 51.9 Å². The maximum atomic E-state index is 13.1. The lowest BCUT2D eigenvalue weighted by atomic mass is 9.92. The highest BCUT2D eigenvalue weighted by Gasteiger charge is 2.52. The third-order valence-corrected chi connectivity index (χ3v) is 7.48. The summed E-state index contributed by atoms with van der Waals surface area (Å²) in [7, 11) is 0.436. The summed E-state index contributed by atoms with van der Waals surface area (Å²) >= 11 is 0. The van der Waals surface area contributed by atoms with Crippen molar-refractivity contribution in [3.63, 3.8) is 0 Å². The summed E-state index contributed by atoms with van der Waals surface area (Å²) in [6.45, 7) is 6.75. The van der Waals surface area contributed by atoms with Crippen LogP contribution in [0.15, 0.2) is 18.5 Å². The highest BCUT2D eigenvalue weighted by Crippen LogP contribution is 2.36. The zero-order chi connectivity index (χ0) is 33.2. The number of nitrogens with one attached hydrogen (secondary N) is 1. The molecule has 0 radical (unpaired) electrons. The van der Waals surface area contributed by atoms with E-state index >= 15 is 0 Å². The SMILES string of the molecule is CO[C@H](C)C(=O)O[C@@H](c1ccc2c(N)ncnn12)[C@H](OC(=O)[C@@H](C)OC)[C@@](C#N)(CO[PH](=O)N[C@@H](C)C(=O)OC(C)C)OC. The molecule has 2 aromatic rings. The molecular formula is C26H39N6O11P. The Morgan fingerprint density at radius 3 is 2.18 bits per heavy atom. The lowest BCUT2D eigenvalue weighted by Gasteiger charge is -2.37. The molecule has 18 heteroatoms. The summed E-state index contributed by atoms with van der Waals surface area (Å²) in [4.78, 5) is 42.3. The van der Waals surface area contributed by atoms with Crippen LogP contribution in [0.25, 0.3) is 5.52 Å². The van der Waals surface area contributed by atoms with E-state index in [0.717, 1.165) is 13.4 Å². The molecule has 3 N–H and O–H groups in total. The first-order valence-corrected chi connectivity index (χ1v) is 14.7. The Hall–Kier alpha value is -3.65. The molecule has 17 nitrogen and oxygen atoms in total. The highest BCUT2D eigenvalue weighted by molar-refractivity contribution is 7.36. The van der Waals surface area contributed by atoms with Crippen molar-refractivity contribution in [3.8, 4) is 6.07 Å². The van der Waals surface area contributed by atoms with Gasteiger partial charge in [-0.2, -0.15) is 10.4 Å². The van der Waals surface area contributed by atoms with Gasteiger partial charge in [-0.25, -0.2) is 24.2 Å². The average Bonchev–Trinajstić information content (AvgIpc) is 3.43. The molecule has 0 aliphatic carbocycles. The van der Waals surface area contributed by atoms with Crippen molar-refractivity contribution in [2.75, 3.05) is 33.7 Å². The molecule has 0 saturated heterocycles. The number of hydrogen-bond acceptors (Lipinski definition) is 15. The van der Waals surface area contributed by atoms with Gasteiger partial charge >= 0.3 is 17.9 Å². The van der Waals surface area contributed by atoms with Gasteiger partial charge in [0.05, 0.1) is 11.8 Å². The van der Waals surface area contributed by atoms with Gasteiger partial charge in [0, 0.05) is 21.3 Å². The van der Waals surface area contributed by atoms with E-state index in [-0.39, 0.29) is 11.5 Å². The number of carbonyl (C=O) groups is 3. The van der Waals surface area contributed by atoms with Gasteiger partial charge in [0.15, 0.2) is 30.2 Å². The van der Waals surface area contributed by atoms with E-state index in [4.69, 9.17) is 38.7 Å². The van der Waals surface area contributed by atoms with E-state index in [1.165, 1.54) is 51.6 Å². The molecule has 44 heavy (non-hydrogen) atoms. The molecule has 0 aliphatic rings. The molecule has 2 rings (SSSR count). The number of rotatable bonds is 17. The van der Waals surface area contributed by atoms with E-state index in [9.17, 15) is 24.2 Å². The van der Waals surface area contributed by atoms with E-state index in [0.29, 0.717) is 5.52 Å². The molecule has 2 aromatic heterocycles. The maximum Gasteiger partial charge on any atom is 0.335 e. The molecule has 0 spiro atoms. The van der Waals surface area contributed by atoms with Crippen LogP contribution in [-0.4, -0.2) is 96.5 Å². The number of nitriles is 1. The zero-order valence-electron chi connectivity index (χ0n) is 25.8. The number of anilines is 1. The molecule has 0 aromatic carbocycles. The molecule has 2 heterocycles. The Balaban J connectivity index is 2.62. The first-order valence-electron chi connectivity index (χ1n) is 13.4. The molecule has 0 amide bonds. The van der Waals surface area contributed by atoms with E-state index in [1.54, 1.807) is 13.8 Å². The first-order chi connectivity index (χ1) is 20.7. The monoisotopic (exact) mass is 642 g/mol. The predicted molar refractivity (Wildman–Crippen MR) is 153 cm³/mol. The van der Waals surface area contributed by atoms with Crippen LogP contribution in [0, 0.1) is 11.3 Å². The van der Waals surface area contributed by atoms with Crippen LogP contribution in [0.3, 0.4) is 0 Å². The van der Waals surface area contributed by atoms with Crippen LogP contribution < -0.4 is 10.8 Å². The maximum absolute atomic E-state index is 13.1. The third-order valence-electron chi connectivity index (χ3n) is 6.41. The fourth-order valence-corrected chi connectivity index (χ4v) is 4.59. The number of nitrogen functional groups attached to an aromatic ring is 1. The van der Waals surface area contributed by atoms with Crippen LogP contribution >= 0.6 is 8.18 Å². The van der Waals surface area contributed by atoms with Crippen LogP contribution in [0.4, 0.5) is 5.82 Å². The molecule has 0 saturated carbocycles. The summed E-state index contributed by atoms with van der Waals surface area (Å²) in [5.74, 6) is -2.45. The molecular weight excluding hydrogens is 603 g/mol. The molecule has 0 fully saturated rings. The Labute approximate surface area is 255 Å².